The third-order valence-electron chi connectivity index (χ3n) is 11.2. The van der Waals surface area contributed by atoms with E-state index in [-0.39, 0.29) is 0 Å². The Kier molecular flexibility index (Phi) is 8.34. The number of fused-ring (bicyclic) bond motifs is 6. The van der Waals surface area contributed by atoms with Gasteiger partial charge < -0.3 is 14.4 Å². The van der Waals surface area contributed by atoms with Crippen LogP contribution in [0.1, 0.15) is 0 Å². The molecule has 0 saturated carbocycles. The second-order valence-electron chi connectivity index (χ2n) is 14.5. The SMILES string of the molecule is c1ccc(N(c2ccc3sc4ccccc4c3c2)c2ccccc2N(c2ccccc2)c2ccccc2-c2ccc3c4ccccc4n(-c4ccccc4)c3c2)cc1. The highest BCUT2D eigenvalue weighted by molar-refractivity contribution is 7.25. The Labute approximate surface area is 341 Å². The Morgan fingerprint density at radius 3 is 1.64 bits per heavy atom. The lowest BCUT2D eigenvalue weighted by atomic mass is 9.99. The second kappa shape index (κ2) is 14.3. The maximum atomic E-state index is 2.43. The number of hydrogen-bond donors (Lipinski definition) is 0. The minimum atomic E-state index is 1.07. The summed E-state index contributed by atoms with van der Waals surface area (Å²) < 4.78 is 4.98. The molecule has 0 atom stereocenters. The summed E-state index contributed by atoms with van der Waals surface area (Å²) >= 11 is 1.85. The van der Waals surface area contributed by atoms with Gasteiger partial charge in [-0.05, 0) is 96.6 Å². The fraction of sp³-hybridized carbons (Fsp3) is 0. The van der Waals surface area contributed by atoms with Crippen LogP contribution in [-0.2, 0) is 0 Å². The minimum absolute atomic E-state index is 1.07. The van der Waals surface area contributed by atoms with E-state index in [9.17, 15) is 0 Å². The van der Waals surface area contributed by atoms with Crippen molar-refractivity contribution in [3.05, 3.63) is 224 Å². The molecular formula is C54H37N3S. The molecule has 0 saturated heterocycles. The first-order valence-corrected chi connectivity index (χ1v) is 20.5. The Morgan fingerprint density at radius 2 is 0.879 bits per heavy atom. The topological polar surface area (TPSA) is 11.4 Å². The van der Waals surface area contributed by atoms with Crippen LogP contribution in [0.3, 0.4) is 0 Å². The van der Waals surface area contributed by atoms with Gasteiger partial charge in [0, 0.05) is 59.3 Å². The average molecular weight is 760 g/mol. The first-order valence-electron chi connectivity index (χ1n) is 19.7. The van der Waals surface area contributed by atoms with Crippen LogP contribution in [0.25, 0.3) is 58.8 Å². The van der Waals surface area contributed by atoms with Crippen molar-refractivity contribution in [3.63, 3.8) is 0 Å². The zero-order valence-electron chi connectivity index (χ0n) is 31.6. The van der Waals surface area contributed by atoms with Crippen molar-refractivity contribution in [1.29, 1.82) is 0 Å². The van der Waals surface area contributed by atoms with Gasteiger partial charge in [0.2, 0.25) is 0 Å². The van der Waals surface area contributed by atoms with Gasteiger partial charge in [-0.2, -0.15) is 0 Å². The van der Waals surface area contributed by atoms with Crippen LogP contribution in [0, 0.1) is 0 Å². The highest BCUT2D eigenvalue weighted by Gasteiger charge is 2.24. The van der Waals surface area contributed by atoms with Gasteiger partial charge in [-0.25, -0.2) is 0 Å². The molecule has 0 unspecified atom stereocenters. The van der Waals surface area contributed by atoms with Gasteiger partial charge in [-0.3, -0.25) is 0 Å². The van der Waals surface area contributed by atoms with Crippen LogP contribution in [0.4, 0.5) is 34.1 Å². The molecule has 0 radical (unpaired) electrons. The van der Waals surface area contributed by atoms with Crippen LogP contribution < -0.4 is 9.80 Å². The van der Waals surface area contributed by atoms with Gasteiger partial charge >= 0.3 is 0 Å². The number of para-hydroxylation sites is 7. The lowest BCUT2D eigenvalue weighted by Gasteiger charge is -2.34. The predicted octanol–water partition coefficient (Wildman–Crippen LogP) is 15.8. The minimum Gasteiger partial charge on any atom is -0.309 e. The van der Waals surface area contributed by atoms with E-state index >= 15 is 0 Å². The molecule has 0 aliphatic rings. The molecule has 9 aromatic carbocycles. The average Bonchev–Trinajstić information content (AvgIpc) is 3.83. The van der Waals surface area contributed by atoms with E-state index in [1.54, 1.807) is 0 Å². The monoisotopic (exact) mass is 759 g/mol. The third-order valence-corrected chi connectivity index (χ3v) is 12.3. The maximum absolute atomic E-state index is 2.43. The molecule has 3 nitrogen and oxygen atoms in total. The van der Waals surface area contributed by atoms with Gasteiger partial charge in [0.15, 0.2) is 0 Å². The molecule has 0 fully saturated rings. The molecule has 4 heteroatoms. The van der Waals surface area contributed by atoms with Gasteiger partial charge in [-0.1, -0.05) is 133 Å². The zero-order chi connectivity index (χ0) is 38.4. The number of hydrogen-bond acceptors (Lipinski definition) is 3. The van der Waals surface area contributed by atoms with Gasteiger partial charge in [0.1, 0.15) is 0 Å². The largest absolute Gasteiger partial charge is 0.309 e. The molecule has 0 aliphatic carbocycles. The summed E-state index contributed by atoms with van der Waals surface area (Å²) in [5.41, 5.74) is 12.3. The van der Waals surface area contributed by atoms with Crippen molar-refractivity contribution in [2.45, 2.75) is 0 Å². The van der Waals surface area contributed by atoms with E-state index in [1.165, 1.54) is 42.0 Å². The molecule has 11 rings (SSSR count). The number of thiophene rings is 1. The van der Waals surface area contributed by atoms with E-state index in [2.05, 4.69) is 239 Å². The van der Waals surface area contributed by atoms with Crippen LogP contribution in [0.5, 0.6) is 0 Å². The van der Waals surface area contributed by atoms with Gasteiger partial charge in [0.05, 0.1) is 28.1 Å². The summed E-state index contributed by atoms with van der Waals surface area (Å²) in [5.74, 6) is 0. The van der Waals surface area contributed by atoms with E-state index in [0.29, 0.717) is 0 Å². The lowest BCUT2D eigenvalue weighted by Crippen LogP contribution is -2.17. The van der Waals surface area contributed by atoms with Crippen LogP contribution in [0.15, 0.2) is 224 Å². The first kappa shape index (κ1) is 33.9. The van der Waals surface area contributed by atoms with Gasteiger partial charge in [0.25, 0.3) is 0 Å². The molecule has 11 aromatic rings. The summed E-state index contributed by atoms with van der Waals surface area (Å²) in [5, 5.41) is 5.04. The van der Waals surface area contributed by atoms with Crippen LogP contribution in [-0.4, -0.2) is 4.57 Å². The number of aromatic nitrogens is 1. The lowest BCUT2D eigenvalue weighted by molar-refractivity contribution is 1.18. The molecule has 0 spiro atoms. The van der Waals surface area contributed by atoms with Crippen LogP contribution in [0.2, 0.25) is 0 Å². The Bertz CT molecular complexity index is 3240. The standard InChI is InChI=1S/C54H37N3S/c1-4-18-39(19-5-1)55(42-33-35-54-47(37-42)46-26-12-17-31-53(46)58-54)50-29-15-16-30-51(50)56(40-20-6-2-7-21-40)48-27-13-10-24-43(48)38-32-34-45-44-25-11-14-28-49(44)57(52(45)36-38)41-22-8-3-9-23-41/h1-37H. The molecule has 0 N–H and O–H groups in total. The quantitative estimate of drug-likeness (QED) is 0.153. The Balaban J connectivity index is 1.13. The molecule has 0 amide bonds. The molecular weight excluding hydrogens is 723 g/mol. The number of rotatable bonds is 8. The number of benzene rings is 9. The fourth-order valence-electron chi connectivity index (χ4n) is 8.59. The van der Waals surface area contributed by atoms with Crippen molar-refractivity contribution < 1.29 is 0 Å². The smallest absolute Gasteiger partial charge is 0.0702 e. The van der Waals surface area contributed by atoms with Crippen molar-refractivity contribution in [2.75, 3.05) is 9.80 Å². The number of nitrogens with zero attached hydrogens (tertiary/aromatic N) is 3. The predicted molar refractivity (Wildman–Crippen MR) is 248 cm³/mol. The van der Waals surface area contributed by atoms with E-state index in [4.69, 9.17) is 0 Å². The van der Waals surface area contributed by atoms with E-state index in [1.807, 2.05) is 11.3 Å². The second-order valence-corrected chi connectivity index (χ2v) is 15.6. The highest BCUT2D eigenvalue weighted by atomic mass is 32.1. The molecule has 274 valence electrons. The molecule has 2 aromatic heterocycles. The summed E-state index contributed by atoms with van der Waals surface area (Å²) in [6.07, 6.45) is 0. The Hall–Kier alpha value is -7.40. The molecule has 0 aliphatic heterocycles. The van der Waals surface area contributed by atoms with Crippen LogP contribution >= 0.6 is 11.3 Å². The first-order chi connectivity index (χ1) is 28.8. The summed E-state index contributed by atoms with van der Waals surface area (Å²) in [4.78, 5) is 4.83. The summed E-state index contributed by atoms with van der Waals surface area (Å²) in [7, 11) is 0. The Morgan fingerprint density at radius 1 is 0.328 bits per heavy atom. The fourth-order valence-corrected chi connectivity index (χ4v) is 9.68. The molecule has 2 heterocycles. The van der Waals surface area contributed by atoms with E-state index in [0.717, 1.165) is 50.9 Å². The highest BCUT2D eigenvalue weighted by Crippen LogP contribution is 2.49. The summed E-state index contributed by atoms with van der Waals surface area (Å²) in [6.45, 7) is 0. The molecule has 58 heavy (non-hydrogen) atoms. The van der Waals surface area contributed by atoms with Gasteiger partial charge in [-0.15, -0.1) is 11.3 Å². The van der Waals surface area contributed by atoms with Crippen molar-refractivity contribution in [2.24, 2.45) is 0 Å². The third kappa shape index (κ3) is 5.73. The molecule has 0 bridgehead atoms. The zero-order valence-corrected chi connectivity index (χ0v) is 32.4. The summed E-state index contributed by atoms with van der Waals surface area (Å²) in [6, 6.07) is 81.1. The van der Waals surface area contributed by atoms with E-state index < -0.39 is 0 Å². The number of anilines is 6. The maximum Gasteiger partial charge on any atom is 0.0702 e. The van der Waals surface area contributed by atoms with Crippen molar-refractivity contribution in [1.82, 2.24) is 4.57 Å². The normalized spacial score (nSPS) is 11.4. The van der Waals surface area contributed by atoms with Crippen molar-refractivity contribution >= 4 is 87.4 Å². The van der Waals surface area contributed by atoms with Crippen molar-refractivity contribution in [3.8, 4) is 16.8 Å².